The van der Waals surface area contributed by atoms with Crippen LogP contribution in [0.4, 0.5) is 5.69 Å². The maximum absolute atomic E-state index is 13.9. The van der Waals surface area contributed by atoms with Crippen molar-refractivity contribution >= 4 is 34.4 Å². The van der Waals surface area contributed by atoms with Crippen LogP contribution in [0, 0.1) is 17.0 Å². The Hall–Kier alpha value is -5.22. The van der Waals surface area contributed by atoms with E-state index in [1.165, 1.54) is 17.0 Å². The molecule has 0 amide bonds. The van der Waals surface area contributed by atoms with Crippen molar-refractivity contribution in [2.75, 3.05) is 13.7 Å². The van der Waals surface area contributed by atoms with Gasteiger partial charge in [-0.1, -0.05) is 49.7 Å². The molecule has 11 heteroatoms. The first-order chi connectivity index (χ1) is 22.1. The highest BCUT2D eigenvalue weighted by Crippen LogP contribution is 2.39. The SMILES string of the molecule is CCOc1cc(C=Nn2c(-c3cc(C(C)C)c(OC)cc3C)nc3ccccc3c2=O)cc([N+](=O)[O-])c1OCc1ccc(Cl)cc1. The second-order valence-electron chi connectivity index (χ2n) is 10.9. The van der Waals surface area contributed by atoms with Gasteiger partial charge in [0.15, 0.2) is 11.6 Å². The molecule has 0 N–H and O–H groups in total. The van der Waals surface area contributed by atoms with Gasteiger partial charge in [0, 0.05) is 22.2 Å². The summed E-state index contributed by atoms with van der Waals surface area (Å²) in [6.45, 7) is 8.10. The van der Waals surface area contributed by atoms with E-state index in [-0.39, 0.29) is 41.9 Å². The lowest BCUT2D eigenvalue weighted by atomic mass is 9.96. The van der Waals surface area contributed by atoms with Gasteiger partial charge in [-0.3, -0.25) is 14.9 Å². The molecule has 0 fully saturated rings. The molecule has 0 spiro atoms. The summed E-state index contributed by atoms with van der Waals surface area (Å²) in [6, 6.07) is 20.8. The van der Waals surface area contributed by atoms with E-state index in [0.717, 1.165) is 22.4 Å². The second kappa shape index (κ2) is 13.8. The normalized spacial score (nSPS) is 11.4. The number of rotatable bonds is 11. The minimum absolute atomic E-state index is 0.0146. The van der Waals surface area contributed by atoms with Crippen molar-refractivity contribution in [3.8, 4) is 28.6 Å². The van der Waals surface area contributed by atoms with E-state index in [0.29, 0.717) is 32.9 Å². The standard InChI is InChI=1S/C35H33ClN4O6/c1-6-45-32-17-24(16-30(40(42)43)33(32)46-20-23-11-13-25(36)14-12-23)19-37-39-34(38-29-10-8-7-9-26(29)35(39)41)28-18-27(21(2)3)31(44-5)15-22(28)4/h7-19,21H,6,20H2,1-5H3. The maximum atomic E-state index is 13.9. The number of nitro benzene ring substituents is 1. The number of benzene rings is 4. The fourth-order valence-corrected chi connectivity index (χ4v) is 5.18. The second-order valence-corrected chi connectivity index (χ2v) is 11.3. The number of nitrogens with zero attached hydrogens (tertiary/aromatic N) is 4. The van der Waals surface area contributed by atoms with Crippen LogP contribution in [-0.2, 0) is 6.61 Å². The Bertz CT molecular complexity index is 2000. The van der Waals surface area contributed by atoms with Crippen LogP contribution in [0.25, 0.3) is 22.3 Å². The Labute approximate surface area is 271 Å². The molecule has 10 nitrogen and oxygen atoms in total. The van der Waals surface area contributed by atoms with Gasteiger partial charge in [-0.05, 0) is 78.9 Å². The van der Waals surface area contributed by atoms with Crippen LogP contribution in [-0.4, -0.2) is 34.5 Å². The monoisotopic (exact) mass is 640 g/mol. The number of hydrogen-bond donors (Lipinski definition) is 0. The van der Waals surface area contributed by atoms with Crippen LogP contribution >= 0.6 is 11.6 Å². The van der Waals surface area contributed by atoms with Crippen LogP contribution < -0.4 is 19.8 Å². The van der Waals surface area contributed by atoms with E-state index in [1.807, 2.05) is 25.1 Å². The number of methoxy groups -OCH3 is 1. The molecule has 0 aliphatic rings. The Morgan fingerprint density at radius 1 is 1.04 bits per heavy atom. The van der Waals surface area contributed by atoms with E-state index in [2.05, 4.69) is 18.9 Å². The summed E-state index contributed by atoms with van der Waals surface area (Å²) in [5, 5.41) is 17.7. The van der Waals surface area contributed by atoms with Crippen LogP contribution in [0.2, 0.25) is 5.02 Å². The zero-order valence-corrected chi connectivity index (χ0v) is 26.9. The summed E-state index contributed by atoms with van der Waals surface area (Å²) < 4.78 is 18.5. The third-order valence-corrected chi connectivity index (χ3v) is 7.62. The number of fused-ring (bicyclic) bond motifs is 1. The van der Waals surface area contributed by atoms with Crippen molar-refractivity contribution in [2.24, 2.45) is 5.10 Å². The summed E-state index contributed by atoms with van der Waals surface area (Å²) in [4.78, 5) is 30.4. The van der Waals surface area contributed by atoms with Crippen molar-refractivity contribution in [1.29, 1.82) is 0 Å². The number of ether oxygens (including phenoxy) is 3. The van der Waals surface area contributed by atoms with Gasteiger partial charge in [0.25, 0.3) is 5.56 Å². The first-order valence-corrected chi connectivity index (χ1v) is 15.1. The minimum atomic E-state index is -0.541. The third-order valence-electron chi connectivity index (χ3n) is 7.37. The van der Waals surface area contributed by atoms with Crippen molar-refractivity contribution in [3.05, 3.63) is 121 Å². The van der Waals surface area contributed by atoms with Gasteiger partial charge >= 0.3 is 5.69 Å². The lowest BCUT2D eigenvalue weighted by molar-refractivity contribution is -0.386. The topological polar surface area (TPSA) is 118 Å². The zero-order valence-electron chi connectivity index (χ0n) is 26.1. The van der Waals surface area contributed by atoms with Gasteiger partial charge in [0.2, 0.25) is 5.75 Å². The van der Waals surface area contributed by atoms with Crippen molar-refractivity contribution < 1.29 is 19.1 Å². The molecule has 0 aliphatic carbocycles. The van der Waals surface area contributed by atoms with Gasteiger partial charge < -0.3 is 14.2 Å². The number of aryl methyl sites for hydroxylation is 1. The Kier molecular flexibility index (Phi) is 9.67. The highest BCUT2D eigenvalue weighted by molar-refractivity contribution is 6.30. The molecule has 0 saturated carbocycles. The fourth-order valence-electron chi connectivity index (χ4n) is 5.06. The molecule has 5 aromatic rings. The number of para-hydroxylation sites is 1. The van der Waals surface area contributed by atoms with E-state index < -0.39 is 4.92 Å². The van der Waals surface area contributed by atoms with Gasteiger partial charge in [0.1, 0.15) is 12.4 Å². The van der Waals surface area contributed by atoms with Gasteiger partial charge in [-0.15, -0.1) is 0 Å². The molecular formula is C35H33ClN4O6. The molecule has 0 radical (unpaired) electrons. The average Bonchev–Trinajstić information content (AvgIpc) is 3.04. The van der Waals surface area contributed by atoms with E-state index in [1.54, 1.807) is 62.6 Å². The highest BCUT2D eigenvalue weighted by atomic mass is 35.5. The molecule has 0 saturated heterocycles. The predicted molar refractivity (Wildman–Crippen MR) is 180 cm³/mol. The maximum Gasteiger partial charge on any atom is 0.315 e. The fraction of sp³-hybridized carbons (Fsp3) is 0.229. The molecule has 0 bridgehead atoms. The summed E-state index contributed by atoms with van der Waals surface area (Å²) in [7, 11) is 1.62. The van der Waals surface area contributed by atoms with Gasteiger partial charge in [-0.2, -0.15) is 9.78 Å². The first kappa shape index (κ1) is 32.2. The van der Waals surface area contributed by atoms with Crippen LogP contribution in [0.5, 0.6) is 17.2 Å². The van der Waals surface area contributed by atoms with Crippen molar-refractivity contribution in [3.63, 3.8) is 0 Å². The number of hydrogen-bond acceptors (Lipinski definition) is 8. The van der Waals surface area contributed by atoms with Crippen LogP contribution in [0.3, 0.4) is 0 Å². The minimum Gasteiger partial charge on any atom is -0.496 e. The highest BCUT2D eigenvalue weighted by Gasteiger charge is 2.23. The van der Waals surface area contributed by atoms with Crippen LogP contribution in [0.1, 0.15) is 48.9 Å². The van der Waals surface area contributed by atoms with E-state index in [4.69, 9.17) is 30.8 Å². The molecule has 1 heterocycles. The molecule has 0 unspecified atom stereocenters. The van der Waals surface area contributed by atoms with Crippen molar-refractivity contribution in [2.45, 2.75) is 40.2 Å². The molecule has 46 heavy (non-hydrogen) atoms. The summed E-state index contributed by atoms with van der Waals surface area (Å²) in [5.41, 5.74) is 3.42. The van der Waals surface area contributed by atoms with Gasteiger partial charge in [-0.25, -0.2) is 4.98 Å². The molecule has 1 aromatic heterocycles. The molecular weight excluding hydrogens is 608 g/mol. The zero-order chi connectivity index (χ0) is 33.0. The molecule has 0 aliphatic heterocycles. The lowest BCUT2D eigenvalue weighted by Gasteiger charge is -2.17. The van der Waals surface area contributed by atoms with Crippen LogP contribution in [0.15, 0.2) is 82.7 Å². The predicted octanol–water partition coefficient (Wildman–Crippen LogP) is 7.93. The number of aromatic nitrogens is 2. The first-order valence-electron chi connectivity index (χ1n) is 14.7. The largest absolute Gasteiger partial charge is 0.496 e. The summed E-state index contributed by atoms with van der Waals surface area (Å²) in [6.07, 6.45) is 1.38. The van der Waals surface area contributed by atoms with Gasteiger partial charge in [0.05, 0.1) is 35.8 Å². The molecule has 0 atom stereocenters. The van der Waals surface area contributed by atoms with E-state index >= 15 is 0 Å². The Morgan fingerprint density at radius 2 is 1.78 bits per heavy atom. The third kappa shape index (κ3) is 6.72. The van der Waals surface area contributed by atoms with Crippen molar-refractivity contribution in [1.82, 2.24) is 9.66 Å². The lowest BCUT2D eigenvalue weighted by Crippen LogP contribution is -2.21. The Balaban J connectivity index is 1.64. The number of halogens is 1. The van der Waals surface area contributed by atoms with E-state index in [9.17, 15) is 14.9 Å². The quantitative estimate of drug-likeness (QED) is 0.0817. The summed E-state index contributed by atoms with van der Waals surface area (Å²) >= 11 is 5.98. The Morgan fingerprint density at radius 3 is 2.46 bits per heavy atom. The molecule has 5 rings (SSSR count). The smallest absolute Gasteiger partial charge is 0.315 e. The molecule has 236 valence electrons. The average molecular weight is 641 g/mol. The number of nitro groups is 1. The summed E-state index contributed by atoms with van der Waals surface area (Å²) in [5.74, 6) is 1.35. The molecule has 4 aromatic carbocycles.